The minimum Gasteiger partial charge on any atom is -0.368 e. The second kappa shape index (κ2) is 13.8. The fourth-order valence-corrected chi connectivity index (χ4v) is 7.59. The second-order valence-electron chi connectivity index (χ2n) is 12.1. The van der Waals surface area contributed by atoms with E-state index in [1.807, 2.05) is 49.6 Å². The maximum Gasteiger partial charge on any atom is 0.265 e. The highest BCUT2D eigenvalue weighted by atomic mass is 32.1. The highest BCUT2D eigenvalue weighted by Gasteiger charge is 2.19. The molecule has 0 atom stereocenters. The van der Waals surface area contributed by atoms with Gasteiger partial charge < -0.3 is 14.8 Å². The van der Waals surface area contributed by atoms with E-state index in [0.29, 0.717) is 18.4 Å². The summed E-state index contributed by atoms with van der Waals surface area (Å²) in [4.78, 5) is 38.0. The molecule has 9 heteroatoms. The van der Waals surface area contributed by atoms with Crippen molar-refractivity contribution < 1.29 is 4.79 Å². The molecular weight excluding hydrogens is 581 g/mol. The molecule has 45 heavy (non-hydrogen) atoms. The average molecular weight is 621 g/mol. The normalized spacial score (nSPS) is 15.3. The predicted molar refractivity (Wildman–Crippen MR) is 181 cm³/mol. The van der Waals surface area contributed by atoms with Crippen molar-refractivity contribution in [3.8, 4) is 17.2 Å². The molecule has 1 fully saturated rings. The first-order valence-electron chi connectivity index (χ1n) is 15.9. The Bertz CT molecular complexity index is 1750. The molecule has 1 aliphatic carbocycles. The number of anilines is 2. The largest absolute Gasteiger partial charge is 0.368 e. The molecule has 0 saturated carbocycles. The molecule has 4 aromatic rings. The van der Waals surface area contributed by atoms with Crippen molar-refractivity contribution in [1.82, 2.24) is 14.5 Å². The fourth-order valence-electron chi connectivity index (χ4n) is 6.44. The van der Waals surface area contributed by atoms with Crippen LogP contribution >= 0.6 is 11.3 Å². The summed E-state index contributed by atoms with van der Waals surface area (Å²) in [5.41, 5.74) is 7.52. The number of rotatable bonds is 8. The van der Waals surface area contributed by atoms with Gasteiger partial charge in [-0.3, -0.25) is 19.5 Å². The van der Waals surface area contributed by atoms with Crippen LogP contribution in [0.1, 0.15) is 62.6 Å². The van der Waals surface area contributed by atoms with Crippen LogP contribution in [0.2, 0.25) is 0 Å². The molecule has 0 radical (unpaired) electrons. The summed E-state index contributed by atoms with van der Waals surface area (Å²) >= 11 is 1.63. The lowest BCUT2D eigenvalue weighted by Gasteiger charge is -2.35. The van der Waals surface area contributed by atoms with E-state index < -0.39 is 0 Å². The molecule has 6 rings (SSSR count). The first-order valence-corrected chi connectivity index (χ1v) is 16.7. The van der Waals surface area contributed by atoms with E-state index in [1.54, 1.807) is 23.0 Å². The van der Waals surface area contributed by atoms with Crippen LogP contribution in [0.4, 0.5) is 11.4 Å². The van der Waals surface area contributed by atoms with Gasteiger partial charge in [-0.2, -0.15) is 5.26 Å². The van der Waals surface area contributed by atoms with Gasteiger partial charge in [0.05, 0.1) is 22.8 Å². The van der Waals surface area contributed by atoms with Crippen molar-refractivity contribution in [2.75, 3.05) is 42.9 Å². The van der Waals surface area contributed by atoms with Crippen LogP contribution in [-0.2, 0) is 26.3 Å². The summed E-state index contributed by atoms with van der Waals surface area (Å²) in [6.45, 7) is 6.53. The predicted octanol–water partition coefficient (Wildman–Crippen LogP) is 5.96. The Balaban J connectivity index is 1.17. The van der Waals surface area contributed by atoms with Gasteiger partial charge in [0, 0.05) is 80.6 Å². The maximum absolute atomic E-state index is 13.3. The van der Waals surface area contributed by atoms with Gasteiger partial charge in [0.2, 0.25) is 0 Å². The Morgan fingerprint density at radius 3 is 2.67 bits per heavy atom. The Labute approximate surface area is 269 Å². The van der Waals surface area contributed by atoms with Crippen molar-refractivity contribution in [3.05, 3.63) is 97.4 Å². The van der Waals surface area contributed by atoms with E-state index in [-0.39, 0.29) is 11.5 Å². The number of carbonyl (C=O) groups is 1. The lowest BCUT2D eigenvalue weighted by molar-refractivity contribution is 0.103. The van der Waals surface area contributed by atoms with Crippen LogP contribution in [0.3, 0.4) is 0 Å². The van der Waals surface area contributed by atoms with Crippen LogP contribution in [0.5, 0.6) is 0 Å². The molecule has 1 aromatic carbocycles. The zero-order valence-electron chi connectivity index (χ0n) is 26.1. The van der Waals surface area contributed by atoms with Gasteiger partial charge in [0.15, 0.2) is 0 Å². The summed E-state index contributed by atoms with van der Waals surface area (Å²) in [6, 6.07) is 16.3. The molecule has 1 amide bonds. The SMILES string of the molecule is Cc1c(NC(=O)c2cc3c(s2)CCCCC3)cccc1-c1cc(Cc2ccc(N3CCN(CCC#N)CC3)cn2)c(=O)n(C)c1. The van der Waals surface area contributed by atoms with Crippen LogP contribution in [0.25, 0.3) is 11.1 Å². The average Bonchev–Trinajstić information content (AvgIpc) is 3.34. The highest BCUT2D eigenvalue weighted by Crippen LogP contribution is 2.32. The first kappa shape index (κ1) is 30.8. The number of nitriles is 1. The van der Waals surface area contributed by atoms with Crippen LogP contribution in [0, 0.1) is 18.3 Å². The molecule has 2 aliphatic rings. The van der Waals surface area contributed by atoms with Crippen molar-refractivity contribution in [2.45, 2.75) is 51.9 Å². The molecule has 232 valence electrons. The van der Waals surface area contributed by atoms with Gasteiger partial charge in [-0.05, 0) is 85.2 Å². The Kier molecular flexibility index (Phi) is 9.43. The zero-order valence-corrected chi connectivity index (χ0v) is 27.0. The van der Waals surface area contributed by atoms with Gasteiger partial charge in [-0.1, -0.05) is 18.6 Å². The number of nitrogens with zero attached hydrogens (tertiary/aromatic N) is 5. The quantitative estimate of drug-likeness (QED) is 0.244. The third-order valence-electron chi connectivity index (χ3n) is 9.08. The summed E-state index contributed by atoms with van der Waals surface area (Å²) < 4.78 is 1.63. The molecule has 4 heterocycles. The maximum atomic E-state index is 13.3. The number of aromatic nitrogens is 2. The molecule has 8 nitrogen and oxygen atoms in total. The summed E-state index contributed by atoms with van der Waals surface area (Å²) in [5, 5.41) is 12.0. The van der Waals surface area contributed by atoms with Gasteiger partial charge in [0.1, 0.15) is 0 Å². The number of pyridine rings is 2. The van der Waals surface area contributed by atoms with Gasteiger partial charge in [0.25, 0.3) is 11.5 Å². The monoisotopic (exact) mass is 620 g/mol. The Morgan fingerprint density at radius 1 is 1.07 bits per heavy atom. The number of nitrogens with one attached hydrogen (secondary N) is 1. The summed E-state index contributed by atoms with van der Waals surface area (Å²) in [6.07, 6.45) is 10.5. The molecule has 0 unspecified atom stereocenters. The highest BCUT2D eigenvalue weighted by molar-refractivity contribution is 7.14. The molecule has 3 aromatic heterocycles. The third-order valence-corrected chi connectivity index (χ3v) is 10.3. The molecule has 0 bridgehead atoms. The molecular formula is C36H40N6O2S. The number of carbonyl (C=O) groups excluding carboxylic acids is 1. The second-order valence-corrected chi connectivity index (χ2v) is 13.3. The van der Waals surface area contributed by atoms with E-state index >= 15 is 0 Å². The van der Waals surface area contributed by atoms with Gasteiger partial charge in [-0.15, -0.1) is 11.3 Å². The fraction of sp³-hybridized carbons (Fsp3) is 0.389. The van der Waals surface area contributed by atoms with Crippen LogP contribution < -0.4 is 15.8 Å². The number of thiophene rings is 1. The molecule has 1 saturated heterocycles. The Morgan fingerprint density at radius 2 is 1.89 bits per heavy atom. The first-order chi connectivity index (χ1) is 21.9. The van der Waals surface area contributed by atoms with E-state index in [1.165, 1.54) is 29.7 Å². The lowest BCUT2D eigenvalue weighted by Crippen LogP contribution is -2.46. The minimum atomic E-state index is -0.0649. The van der Waals surface area contributed by atoms with E-state index in [9.17, 15) is 9.59 Å². The van der Waals surface area contributed by atoms with E-state index in [2.05, 4.69) is 33.3 Å². The van der Waals surface area contributed by atoms with E-state index in [0.717, 1.165) is 84.2 Å². The lowest BCUT2D eigenvalue weighted by atomic mass is 9.98. The topological polar surface area (TPSA) is 94.3 Å². The Hall–Kier alpha value is -4.26. The van der Waals surface area contributed by atoms with Crippen molar-refractivity contribution >= 4 is 28.6 Å². The summed E-state index contributed by atoms with van der Waals surface area (Å²) in [5.74, 6) is -0.0649. The third kappa shape index (κ3) is 7.03. The number of hydrogen-bond acceptors (Lipinski definition) is 7. The minimum absolute atomic E-state index is 0.0438. The smallest absolute Gasteiger partial charge is 0.265 e. The van der Waals surface area contributed by atoms with Crippen molar-refractivity contribution in [1.29, 1.82) is 5.26 Å². The van der Waals surface area contributed by atoms with Gasteiger partial charge >= 0.3 is 0 Å². The molecule has 1 aliphatic heterocycles. The summed E-state index contributed by atoms with van der Waals surface area (Å²) in [7, 11) is 1.78. The number of amides is 1. The molecule has 1 N–H and O–H groups in total. The van der Waals surface area contributed by atoms with E-state index in [4.69, 9.17) is 10.2 Å². The van der Waals surface area contributed by atoms with Crippen LogP contribution in [0.15, 0.2) is 59.7 Å². The number of piperazine rings is 1. The zero-order chi connectivity index (χ0) is 31.3. The standard InChI is InChI=1S/C36H40N6O2S/c1-25-31(9-6-10-32(25)39-35(43)34-22-26-8-4-3-5-11-33(26)45-34)28-20-27(36(44)40(2)24-28)21-29-12-13-30(23-38-29)42-18-16-41(17-19-42)15-7-14-37/h6,9-10,12-13,20,22-24H,3-5,7-8,11,15-19,21H2,1-2H3,(H,39,43). The molecule has 0 spiro atoms. The number of aryl methyl sites for hydroxylation is 3. The van der Waals surface area contributed by atoms with Crippen LogP contribution in [-0.4, -0.2) is 53.1 Å². The van der Waals surface area contributed by atoms with Crippen molar-refractivity contribution in [3.63, 3.8) is 0 Å². The number of benzene rings is 1. The number of fused-ring (bicyclic) bond motifs is 1. The van der Waals surface area contributed by atoms with Gasteiger partial charge in [-0.25, -0.2) is 0 Å². The number of hydrogen-bond donors (Lipinski definition) is 1. The van der Waals surface area contributed by atoms with Crippen molar-refractivity contribution in [2.24, 2.45) is 7.05 Å².